The first kappa shape index (κ1) is 18.1. The number of thioether (sulfide) groups is 1. The van der Waals surface area contributed by atoms with Gasteiger partial charge in [-0.3, -0.25) is 4.79 Å². The predicted molar refractivity (Wildman–Crippen MR) is 97.6 cm³/mol. The molecule has 2 aromatic rings. The van der Waals surface area contributed by atoms with Gasteiger partial charge in [0.2, 0.25) is 0 Å². The number of rotatable bonds is 6. The van der Waals surface area contributed by atoms with Crippen LogP contribution in [0.5, 0.6) is 0 Å². The van der Waals surface area contributed by atoms with Crippen LogP contribution in [-0.2, 0) is 16.0 Å². The van der Waals surface area contributed by atoms with Crippen molar-refractivity contribution >= 4 is 29.3 Å². The van der Waals surface area contributed by atoms with Gasteiger partial charge in [-0.1, -0.05) is 19.1 Å². The van der Waals surface area contributed by atoms with E-state index in [1.807, 2.05) is 42.7 Å². The van der Waals surface area contributed by atoms with Crippen LogP contribution in [0.3, 0.4) is 0 Å². The number of nitrogens with one attached hydrogen (secondary N) is 1. The lowest BCUT2D eigenvalue weighted by atomic mass is 10.1. The zero-order valence-corrected chi connectivity index (χ0v) is 14.9. The lowest BCUT2D eigenvalue weighted by Crippen LogP contribution is -2.30. The first-order valence-corrected chi connectivity index (χ1v) is 9.00. The number of carbonyl (C=O) groups is 2. The fraction of sp³-hybridized carbons (Fsp3) is 0.263. The monoisotopic (exact) mass is 343 g/mol. The van der Waals surface area contributed by atoms with E-state index in [0.29, 0.717) is 11.3 Å². The lowest BCUT2D eigenvalue weighted by Gasteiger charge is -2.14. The normalized spacial score (nSPS) is 11.6. The smallest absolute Gasteiger partial charge is 0.338 e. The highest BCUT2D eigenvalue weighted by atomic mass is 32.2. The quantitative estimate of drug-likeness (QED) is 0.632. The molecule has 0 aliphatic heterocycles. The average Bonchev–Trinajstić information content (AvgIpc) is 2.62. The molecule has 126 valence electrons. The molecule has 0 spiro atoms. The van der Waals surface area contributed by atoms with Crippen molar-refractivity contribution in [3.63, 3.8) is 0 Å². The Morgan fingerprint density at radius 3 is 2.25 bits per heavy atom. The molecule has 0 aromatic heterocycles. The highest BCUT2D eigenvalue weighted by molar-refractivity contribution is 7.98. The number of aryl methyl sites for hydroxylation is 1. The van der Waals surface area contributed by atoms with Crippen LogP contribution < -0.4 is 5.32 Å². The van der Waals surface area contributed by atoms with Crippen molar-refractivity contribution in [3.05, 3.63) is 59.7 Å². The first-order chi connectivity index (χ1) is 11.5. The van der Waals surface area contributed by atoms with Crippen LogP contribution in [-0.4, -0.2) is 24.2 Å². The molecule has 0 saturated heterocycles. The van der Waals surface area contributed by atoms with E-state index in [0.717, 1.165) is 11.3 Å². The summed E-state index contributed by atoms with van der Waals surface area (Å²) >= 11 is 1.60. The van der Waals surface area contributed by atoms with Crippen LogP contribution in [0.1, 0.15) is 29.8 Å². The van der Waals surface area contributed by atoms with Crippen molar-refractivity contribution in [1.29, 1.82) is 0 Å². The zero-order chi connectivity index (χ0) is 17.5. The van der Waals surface area contributed by atoms with E-state index in [4.69, 9.17) is 4.74 Å². The van der Waals surface area contributed by atoms with Gasteiger partial charge < -0.3 is 10.1 Å². The summed E-state index contributed by atoms with van der Waals surface area (Å²) < 4.78 is 5.23. The molecule has 1 amide bonds. The summed E-state index contributed by atoms with van der Waals surface area (Å²) in [5.41, 5.74) is 2.31. The minimum Gasteiger partial charge on any atom is -0.449 e. The van der Waals surface area contributed by atoms with Gasteiger partial charge in [-0.15, -0.1) is 11.8 Å². The topological polar surface area (TPSA) is 55.4 Å². The molecule has 0 unspecified atom stereocenters. The summed E-state index contributed by atoms with van der Waals surface area (Å²) in [6.45, 7) is 3.63. The molecule has 24 heavy (non-hydrogen) atoms. The van der Waals surface area contributed by atoms with Crippen molar-refractivity contribution in [2.24, 2.45) is 0 Å². The van der Waals surface area contributed by atoms with E-state index in [-0.39, 0.29) is 5.91 Å². The van der Waals surface area contributed by atoms with Gasteiger partial charge in [-0.25, -0.2) is 4.79 Å². The number of amides is 1. The van der Waals surface area contributed by atoms with E-state index in [1.54, 1.807) is 30.8 Å². The lowest BCUT2D eigenvalue weighted by molar-refractivity contribution is -0.123. The Morgan fingerprint density at radius 2 is 1.71 bits per heavy atom. The zero-order valence-electron chi connectivity index (χ0n) is 14.0. The Labute approximate surface area is 146 Å². The SMILES string of the molecule is CCc1ccc(NC(=O)[C@H](C)OC(=O)c2ccc(SC)cc2)cc1. The van der Waals surface area contributed by atoms with Gasteiger partial charge >= 0.3 is 5.97 Å². The largest absolute Gasteiger partial charge is 0.449 e. The Balaban J connectivity index is 1.93. The van der Waals surface area contributed by atoms with Crippen LogP contribution in [0.15, 0.2) is 53.4 Å². The third-order valence-corrected chi connectivity index (χ3v) is 4.35. The second-order valence-corrected chi connectivity index (χ2v) is 6.20. The Hall–Kier alpha value is -2.27. The maximum absolute atomic E-state index is 12.1. The van der Waals surface area contributed by atoms with Crippen molar-refractivity contribution in [2.75, 3.05) is 11.6 Å². The number of carbonyl (C=O) groups excluding carboxylic acids is 2. The number of hydrogen-bond donors (Lipinski definition) is 1. The molecule has 0 aliphatic rings. The Morgan fingerprint density at radius 1 is 1.08 bits per heavy atom. The maximum atomic E-state index is 12.1. The minimum absolute atomic E-state index is 0.353. The molecule has 1 atom stereocenters. The second kappa shape index (κ2) is 8.55. The van der Waals surface area contributed by atoms with Crippen molar-refractivity contribution in [2.45, 2.75) is 31.3 Å². The highest BCUT2D eigenvalue weighted by Crippen LogP contribution is 2.16. The molecule has 2 aromatic carbocycles. The molecule has 0 aliphatic carbocycles. The molecular weight excluding hydrogens is 322 g/mol. The van der Waals surface area contributed by atoms with Crippen LogP contribution in [0, 0.1) is 0 Å². The van der Waals surface area contributed by atoms with Gasteiger partial charge in [0, 0.05) is 10.6 Å². The molecule has 1 N–H and O–H groups in total. The van der Waals surface area contributed by atoms with E-state index < -0.39 is 12.1 Å². The summed E-state index contributed by atoms with van der Waals surface area (Å²) in [5, 5.41) is 2.75. The van der Waals surface area contributed by atoms with Gasteiger partial charge in [0.05, 0.1) is 5.56 Å². The molecule has 0 saturated carbocycles. The number of esters is 1. The van der Waals surface area contributed by atoms with Gasteiger partial charge in [0.15, 0.2) is 6.10 Å². The highest BCUT2D eigenvalue weighted by Gasteiger charge is 2.19. The van der Waals surface area contributed by atoms with E-state index in [1.165, 1.54) is 5.56 Å². The van der Waals surface area contributed by atoms with Gasteiger partial charge in [-0.05, 0) is 61.6 Å². The van der Waals surface area contributed by atoms with E-state index in [9.17, 15) is 9.59 Å². The number of anilines is 1. The molecule has 0 bridgehead atoms. The minimum atomic E-state index is -0.872. The molecule has 2 rings (SSSR count). The van der Waals surface area contributed by atoms with Crippen molar-refractivity contribution < 1.29 is 14.3 Å². The Bertz CT molecular complexity index is 696. The fourth-order valence-electron chi connectivity index (χ4n) is 2.08. The summed E-state index contributed by atoms with van der Waals surface area (Å²) in [5.74, 6) is -0.861. The molecule has 4 nitrogen and oxygen atoms in total. The molecule has 0 heterocycles. The van der Waals surface area contributed by atoms with Crippen molar-refractivity contribution in [3.8, 4) is 0 Å². The third-order valence-electron chi connectivity index (χ3n) is 3.61. The van der Waals surface area contributed by atoms with Crippen LogP contribution in [0.2, 0.25) is 0 Å². The van der Waals surface area contributed by atoms with Crippen molar-refractivity contribution in [1.82, 2.24) is 0 Å². The van der Waals surface area contributed by atoms with Crippen LogP contribution >= 0.6 is 11.8 Å². The average molecular weight is 343 g/mol. The molecular formula is C19H21NO3S. The van der Waals surface area contributed by atoms with Gasteiger partial charge in [0.25, 0.3) is 5.91 Å². The summed E-state index contributed by atoms with van der Waals surface area (Å²) in [6.07, 6.45) is 2.04. The van der Waals surface area contributed by atoms with Crippen LogP contribution in [0.25, 0.3) is 0 Å². The fourth-order valence-corrected chi connectivity index (χ4v) is 2.49. The predicted octanol–water partition coefficient (Wildman–Crippen LogP) is 4.15. The maximum Gasteiger partial charge on any atom is 0.338 e. The summed E-state index contributed by atoms with van der Waals surface area (Å²) in [6, 6.07) is 14.7. The molecule has 0 fully saturated rings. The standard InChI is InChI=1S/C19H21NO3S/c1-4-14-5-9-16(10-6-14)20-18(21)13(2)23-19(22)15-7-11-17(24-3)12-8-15/h5-13H,4H2,1-3H3,(H,20,21)/t13-/m0/s1. The van der Waals surface area contributed by atoms with Crippen LogP contribution in [0.4, 0.5) is 5.69 Å². The summed E-state index contributed by atoms with van der Waals surface area (Å²) in [7, 11) is 0. The first-order valence-electron chi connectivity index (χ1n) is 7.78. The number of benzene rings is 2. The van der Waals surface area contributed by atoms with Gasteiger partial charge in [-0.2, -0.15) is 0 Å². The molecule has 5 heteroatoms. The number of ether oxygens (including phenoxy) is 1. The third kappa shape index (κ3) is 4.86. The molecule has 0 radical (unpaired) electrons. The van der Waals surface area contributed by atoms with Gasteiger partial charge in [0.1, 0.15) is 0 Å². The number of hydrogen-bond acceptors (Lipinski definition) is 4. The second-order valence-electron chi connectivity index (χ2n) is 5.32. The summed E-state index contributed by atoms with van der Waals surface area (Å²) in [4.78, 5) is 25.3. The van der Waals surface area contributed by atoms with E-state index in [2.05, 4.69) is 12.2 Å². The Kier molecular flexibility index (Phi) is 6.44. The van der Waals surface area contributed by atoms with E-state index >= 15 is 0 Å².